The minimum Gasteiger partial charge on any atom is -0.395 e. The standard InChI is InChI=1S/C13H13NO3S/c15-6-13(7-17-8-13)12(16)14-10-5-18-11-4-2-1-3-9(10)11/h1-5,15H,6-8H2,(H,14,16). The van der Waals surface area contributed by atoms with Crippen molar-refractivity contribution >= 4 is 33.0 Å². The number of anilines is 1. The number of hydrogen-bond donors (Lipinski definition) is 2. The van der Waals surface area contributed by atoms with E-state index in [2.05, 4.69) is 5.32 Å². The van der Waals surface area contributed by atoms with Crippen LogP contribution in [0.5, 0.6) is 0 Å². The number of benzene rings is 1. The van der Waals surface area contributed by atoms with Gasteiger partial charge in [-0.15, -0.1) is 11.3 Å². The Morgan fingerprint density at radius 3 is 2.89 bits per heavy atom. The Kier molecular flexibility index (Phi) is 2.81. The molecule has 0 unspecified atom stereocenters. The van der Waals surface area contributed by atoms with Crippen LogP contribution in [0.2, 0.25) is 0 Å². The molecule has 0 atom stereocenters. The van der Waals surface area contributed by atoms with Crippen molar-refractivity contribution in [3.8, 4) is 0 Å². The third-order valence-electron chi connectivity index (χ3n) is 3.27. The predicted octanol–water partition coefficient (Wildman–Crippen LogP) is 1.85. The number of carbonyl (C=O) groups is 1. The Hall–Kier alpha value is -1.43. The van der Waals surface area contributed by atoms with Gasteiger partial charge < -0.3 is 15.2 Å². The van der Waals surface area contributed by atoms with Crippen LogP contribution < -0.4 is 5.32 Å². The lowest BCUT2D eigenvalue weighted by atomic mass is 9.86. The van der Waals surface area contributed by atoms with E-state index >= 15 is 0 Å². The lowest BCUT2D eigenvalue weighted by Gasteiger charge is -2.37. The van der Waals surface area contributed by atoms with Crippen LogP contribution in [-0.4, -0.2) is 30.8 Å². The lowest BCUT2D eigenvalue weighted by molar-refractivity contribution is -0.164. The molecule has 5 heteroatoms. The van der Waals surface area contributed by atoms with Crippen molar-refractivity contribution in [2.75, 3.05) is 25.1 Å². The summed E-state index contributed by atoms with van der Waals surface area (Å²) in [5, 5.41) is 15.2. The molecule has 1 aliphatic rings. The van der Waals surface area contributed by atoms with E-state index in [1.807, 2.05) is 29.6 Å². The Labute approximate surface area is 108 Å². The molecule has 0 aliphatic carbocycles. The van der Waals surface area contributed by atoms with Gasteiger partial charge in [0.05, 0.1) is 25.5 Å². The minimum atomic E-state index is -0.761. The zero-order valence-electron chi connectivity index (χ0n) is 9.68. The molecule has 94 valence electrons. The van der Waals surface area contributed by atoms with Gasteiger partial charge in [0.2, 0.25) is 5.91 Å². The number of aliphatic hydroxyl groups is 1. The fraction of sp³-hybridized carbons (Fsp3) is 0.308. The highest BCUT2D eigenvalue weighted by atomic mass is 32.1. The summed E-state index contributed by atoms with van der Waals surface area (Å²) in [6, 6.07) is 7.91. The molecule has 2 N–H and O–H groups in total. The molecule has 1 aliphatic heterocycles. The molecule has 0 radical (unpaired) electrons. The number of aliphatic hydroxyl groups excluding tert-OH is 1. The van der Waals surface area contributed by atoms with Crippen LogP contribution in [0, 0.1) is 5.41 Å². The molecule has 1 aromatic carbocycles. The molecule has 18 heavy (non-hydrogen) atoms. The van der Waals surface area contributed by atoms with Gasteiger partial charge in [-0.1, -0.05) is 18.2 Å². The highest BCUT2D eigenvalue weighted by Crippen LogP contribution is 2.33. The second-order valence-electron chi connectivity index (χ2n) is 4.53. The molecule has 3 rings (SSSR count). The van der Waals surface area contributed by atoms with Crippen LogP contribution in [0.15, 0.2) is 29.6 Å². The summed E-state index contributed by atoms with van der Waals surface area (Å²) < 4.78 is 6.17. The first-order valence-electron chi connectivity index (χ1n) is 5.71. The lowest BCUT2D eigenvalue weighted by Crippen LogP contribution is -2.54. The van der Waals surface area contributed by atoms with Gasteiger partial charge in [0.1, 0.15) is 5.41 Å². The van der Waals surface area contributed by atoms with Gasteiger partial charge in [0, 0.05) is 15.5 Å². The van der Waals surface area contributed by atoms with Crippen LogP contribution in [0.3, 0.4) is 0 Å². The molecule has 1 fully saturated rings. The van der Waals surface area contributed by atoms with Crippen LogP contribution >= 0.6 is 11.3 Å². The molecule has 1 saturated heterocycles. The Morgan fingerprint density at radius 2 is 2.22 bits per heavy atom. The first-order chi connectivity index (χ1) is 8.75. The fourth-order valence-corrected chi connectivity index (χ4v) is 2.86. The van der Waals surface area contributed by atoms with Gasteiger partial charge >= 0.3 is 0 Å². The first kappa shape index (κ1) is 11.6. The quantitative estimate of drug-likeness (QED) is 0.888. The normalized spacial score (nSPS) is 17.4. The Bertz CT molecular complexity index is 583. The van der Waals surface area contributed by atoms with Gasteiger partial charge in [-0.2, -0.15) is 0 Å². The smallest absolute Gasteiger partial charge is 0.237 e. The second-order valence-corrected chi connectivity index (χ2v) is 5.44. The maximum absolute atomic E-state index is 12.1. The van der Waals surface area contributed by atoms with Crippen molar-refractivity contribution in [2.45, 2.75) is 0 Å². The van der Waals surface area contributed by atoms with E-state index < -0.39 is 5.41 Å². The van der Waals surface area contributed by atoms with E-state index in [9.17, 15) is 9.90 Å². The number of ether oxygens (including phenoxy) is 1. The average molecular weight is 263 g/mol. The van der Waals surface area contributed by atoms with E-state index in [4.69, 9.17) is 4.74 Å². The Balaban J connectivity index is 1.86. The van der Waals surface area contributed by atoms with Crippen LogP contribution in [0.1, 0.15) is 0 Å². The summed E-state index contributed by atoms with van der Waals surface area (Å²) in [6.45, 7) is 0.399. The number of carbonyl (C=O) groups excluding carboxylic acids is 1. The first-order valence-corrected chi connectivity index (χ1v) is 6.59. The minimum absolute atomic E-state index is 0.167. The second kappa shape index (κ2) is 4.35. The third-order valence-corrected chi connectivity index (χ3v) is 4.23. The zero-order valence-corrected chi connectivity index (χ0v) is 10.5. The maximum atomic E-state index is 12.1. The van der Waals surface area contributed by atoms with Crippen molar-refractivity contribution in [1.29, 1.82) is 0 Å². The predicted molar refractivity (Wildman–Crippen MR) is 70.8 cm³/mol. The van der Waals surface area contributed by atoms with Gasteiger partial charge in [-0.3, -0.25) is 4.79 Å². The monoisotopic (exact) mass is 263 g/mol. The largest absolute Gasteiger partial charge is 0.395 e. The molecule has 2 aromatic rings. The van der Waals surface area contributed by atoms with Crippen molar-refractivity contribution in [3.63, 3.8) is 0 Å². The molecule has 1 aromatic heterocycles. The average Bonchev–Trinajstić information content (AvgIpc) is 2.72. The third kappa shape index (κ3) is 1.71. The van der Waals surface area contributed by atoms with Crippen LogP contribution in [0.4, 0.5) is 5.69 Å². The molecule has 1 amide bonds. The molecular formula is C13H13NO3S. The number of nitrogens with one attached hydrogen (secondary N) is 1. The van der Waals surface area contributed by atoms with Gasteiger partial charge in [-0.05, 0) is 6.07 Å². The van der Waals surface area contributed by atoms with E-state index in [1.165, 1.54) is 0 Å². The highest BCUT2D eigenvalue weighted by Gasteiger charge is 2.45. The summed E-state index contributed by atoms with van der Waals surface area (Å²) >= 11 is 1.59. The van der Waals surface area contributed by atoms with E-state index in [-0.39, 0.29) is 25.7 Å². The molecule has 0 spiro atoms. The van der Waals surface area contributed by atoms with Crippen LogP contribution in [0.25, 0.3) is 10.1 Å². The summed E-state index contributed by atoms with van der Waals surface area (Å²) in [6.07, 6.45) is 0. The number of rotatable bonds is 3. The molecule has 4 nitrogen and oxygen atoms in total. The molecule has 0 saturated carbocycles. The van der Waals surface area contributed by atoms with Gasteiger partial charge in [-0.25, -0.2) is 0 Å². The number of hydrogen-bond acceptors (Lipinski definition) is 4. The molecular weight excluding hydrogens is 250 g/mol. The summed E-state index contributed by atoms with van der Waals surface area (Å²) in [7, 11) is 0. The van der Waals surface area contributed by atoms with Crippen molar-refractivity contribution in [2.24, 2.45) is 5.41 Å². The topological polar surface area (TPSA) is 58.6 Å². The molecule has 2 heterocycles. The van der Waals surface area contributed by atoms with E-state index in [1.54, 1.807) is 11.3 Å². The zero-order chi connectivity index (χ0) is 12.6. The van der Waals surface area contributed by atoms with Crippen molar-refractivity contribution in [1.82, 2.24) is 0 Å². The summed E-state index contributed by atoms with van der Waals surface area (Å²) in [4.78, 5) is 12.1. The highest BCUT2D eigenvalue weighted by molar-refractivity contribution is 7.17. The maximum Gasteiger partial charge on any atom is 0.237 e. The van der Waals surface area contributed by atoms with Crippen LogP contribution in [-0.2, 0) is 9.53 Å². The number of thiophene rings is 1. The van der Waals surface area contributed by atoms with Gasteiger partial charge in [0.25, 0.3) is 0 Å². The number of amides is 1. The number of fused-ring (bicyclic) bond motifs is 1. The summed E-state index contributed by atoms with van der Waals surface area (Å²) in [5.41, 5.74) is 0.0450. The van der Waals surface area contributed by atoms with Crippen molar-refractivity contribution < 1.29 is 14.6 Å². The van der Waals surface area contributed by atoms with Crippen molar-refractivity contribution in [3.05, 3.63) is 29.6 Å². The summed E-state index contributed by atoms with van der Waals surface area (Å²) in [5.74, 6) is -0.167. The molecule has 0 bridgehead atoms. The SMILES string of the molecule is O=C(Nc1csc2ccccc12)C1(CO)COC1. The fourth-order valence-electron chi connectivity index (χ4n) is 1.97. The Morgan fingerprint density at radius 1 is 1.44 bits per heavy atom. The van der Waals surface area contributed by atoms with Gasteiger partial charge in [0.15, 0.2) is 0 Å². The van der Waals surface area contributed by atoms with E-state index in [0.717, 1.165) is 15.8 Å². The van der Waals surface area contributed by atoms with E-state index in [0.29, 0.717) is 0 Å².